The van der Waals surface area contributed by atoms with E-state index in [0.29, 0.717) is 43.3 Å². The van der Waals surface area contributed by atoms with Gasteiger partial charge in [0.15, 0.2) is 0 Å². The number of amides is 1. The van der Waals surface area contributed by atoms with E-state index in [1.165, 1.54) is 16.4 Å². The van der Waals surface area contributed by atoms with Crippen LogP contribution in [0.2, 0.25) is 5.02 Å². The number of halogens is 1. The first-order chi connectivity index (χ1) is 12.4. The van der Waals surface area contributed by atoms with Crippen LogP contribution in [0.5, 0.6) is 0 Å². The van der Waals surface area contributed by atoms with Crippen LogP contribution in [-0.4, -0.2) is 49.7 Å². The van der Waals surface area contributed by atoms with E-state index >= 15 is 0 Å². The highest BCUT2D eigenvalue weighted by atomic mass is 35.5. The largest absolute Gasteiger partial charge is 0.366 e. The van der Waals surface area contributed by atoms with E-state index in [1.54, 1.807) is 30.3 Å². The van der Waals surface area contributed by atoms with Crippen molar-refractivity contribution in [3.8, 4) is 0 Å². The third-order valence-corrected chi connectivity index (χ3v) is 6.57. The average Bonchev–Trinajstić information content (AvgIpc) is 2.63. The first-order valence-electron chi connectivity index (χ1n) is 8.23. The lowest BCUT2D eigenvalue weighted by atomic mass is 10.1. The standard InChI is InChI=1S/C18H20ClN3O3S/c19-16-4-6-17(7-5-16)26(24,25)22-10-8-21(9-11-22)13-14-2-1-3-15(12-14)18(20)23/h1-7,12H,8-11,13H2,(H2,20,23). The van der Waals surface area contributed by atoms with Crippen LogP contribution in [0.4, 0.5) is 0 Å². The molecule has 1 saturated heterocycles. The predicted molar refractivity (Wildman–Crippen MR) is 100 cm³/mol. The number of primary amides is 1. The van der Waals surface area contributed by atoms with Crippen molar-refractivity contribution < 1.29 is 13.2 Å². The normalized spacial score (nSPS) is 16.5. The summed E-state index contributed by atoms with van der Waals surface area (Å²) in [5, 5.41) is 0.506. The van der Waals surface area contributed by atoms with Gasteiger partial charge < -0.3 is 5.73 Å². The molecule has 1 aliphatic rings. The lowest BCUT2D eigenvalue weighted by Gasteiger charge is -2.34. The Morgan fingerprint density at radius 2 is 1.69 bits per heavy atom. The summed E-state index contributed by atoms with van der Waals surface area (Å²) in [4.78, 5) is 13.7. The Morgan fingerprint density at radius 1 is 1.04 bits per heavy atom. The zero-order valence-electron chi connectivity index (χ0n) is 14.1. The molecule has 0 radical (unpaired) electrons. The Kier molecular flexibility index (Phi) is 5.62. The molecular formula is C18H20ClN3O3S. The summed E-state index contributed by atoms with van der Waals surface area (Å²) in [5.74, 6) is -0.453. The molecule has 1 amide bonds. The second-order valence-electron chi connectivity index (χ2n) is 6.20. The summed E-state index contributed by atoms with van der Waals surface area (Å²) in [5.41, 5.74) is 6.77. The van der Waals surface area contributed by atoms with Gasteiger partial charge in [0.1, 0.15) is 0 Å². The smallest absolute Gasteiger partial charge is 0.248 e. The molecule has 0 bridgehead atoms. The molecule has 1 aliphatic heterocycles. The molecule has 1 fully saturated rings. The van der Waals surface area contributed by atoms with Crippen LogP contribution in [0.3, 0.4) is 0 Å². The monoisotopic (exact) mass is 393 g/mol. The quantitative estimate of drug-likeness (QED) is 0.841. The van der Waals surface area contributed by atoms with Crippen LogP contribution in [0.15, 0.2) is 53.4 Å². The lowest BCUT2D eigenvalue weighted by molar-refractivity contribution is 0.1000. The van der Waals surface area contributed by atoms with E-state index in [2.05, 4.69) is 4.90 Å². The molecule has 2 N–H and O–H groups in total. The highest BCUT2D eigenvalue weighted by molar-refractivity contribution is 7.89. The third kappa shape index (κ3) is 4.24. The summed E-state index contributed by atoms with van der Waals surface area (Å²) < 4.78 is 26.9. The third-order valence-electron chi connectivity index (χ3n) is 4.40. The fourth-order valence-corrected chi connectivity index (χ4v) is 4.51. The molecule has 0 atom stereocenters. The van der Waals surface area contributed by atoms with Gasteiger partial charge >= 0.3 is 0 Å². The topological polar surface area (TPSA) is 83.7 Å². The number of rotatable bonds is 5. The number of hydrogen-bond donors (Lipinski definition) is 1. The van der Waals surface area contributed by atoms with Crippen LogP contribution in [0.1, 0.15) is 15.9 Å². The zero-order chi connectivity index (χ0) is 18.7. The van der Waals surface area contributed by atoms with Crippen molar-refractivity contribution >= 4 is 27.5 Å². The van der Waals surface area contributed by atoms with Crippen molar-refractivity contribution in [2.24, 2.45) is 5.73 Å². The van der Waals surface area contributed by atoms with Gasteiger partial charge in [-0.3, -0.25) is 9.69 Å². The number of hydrogen-bond acceptors (Lipinski definition) is 4. The van der Waals surface area contributed by atoms with Crippen molar-refractivity contribution in [2.75, 3.05) is 26.2 Å². The minimum absolute atomic E-state index is 0.254. The molecule has 0 unspecified atom stereocenters. The van der Waals surface area contributed by atoms with Crippen LogP contribution in [-0.2, 0) is 16.6 Å². The maximum atomic E-state index is 12.7. The SMILES string of the molecule is NC(=O)c1cccc(CN2CCN(S(=O)(=O)c3ccc(Cl)cc3)CC2)c1. The molecule has 26 heavy (non-hydrogen) atoms. The maximum absolute atomic E-state index is 12.7. The molecule has 0 aliphatic carbocycles. The number of piperazine rings is 1. The zero-order valence-corrected chi connectivity index (χ0v) is 15.7. The van der Waals surface area contributed by atoms with E-state index < -0.39 is 15.9 Å². The molecule has 0 saturated carbocycles. The van der Waals surface area contributed by atoms with Crippen molar-refractivity contribution in [3.63, 3.8) is 0 Å². The van der Waals surface area contributed by atoms with Crippen molar-refractivity contribution in [1.29, 1.82) is 0 Å². The molecule has 2 aromatic carbocycles. The van der Waals surface area contributed by atoms with E-state index in [0.717, 1.165) is 5.56 Å². The number of carbonyl (C=O) groups excluding carboxylic acids is 1. The van der Waals surface area contributed by atoms with Gasteiger partial charge in [0.05, 0.1) is 4.90 Å². The first-order valence-corrected chi connectivity index (χ1v) is 10.0. The molecular weight excluding hydrogens is 374 g/mol. The molecule has 1 heterocycles. The molecule has 8 heteroatoms. The average molecular weight is 394 g/mol. The highest BCUT2D eigenvalue weighted by Gasteiger charge is 2.28. The Morgan fingerprint density at radius 3 is 2.31 bits per heavy atom. The minimum Gasteiger partial charge on any atom is -0.366 e. The second-order valence-corrected chi connectivity index (χ2v) is 8.57. The minimum atomic E-state index is -3.51. The van der Waals surface area contributed by atoms with Gasteiger partial charge in [-0.1, -0.05) is 23.7 Å². The molecule has 2 aromatic rings. The molecule has 0 spiro atoms. The number of sulfonamides is 1. The molecule has 138 valence electrons. The number of benzene rings is 2. The van der Waals surface area contributed by atoms with Crippen molar-refractivity contribution in [1.82, 2.24) is 9.21 Å². The molecule has 0 aromatic heterocycles. The van der Waals surface area contributed by atoms with Crippen molar-refractivity contribution in [3.05, 3.63) is 64.7 Å². The van der Waals surface area contributed by atoms with Crippen LogP contribution in [0.25, 0.3) is 0 Å². The second kappa shape index (κ2) is 7.75. The maximum Gasteiger partial charge on any atom is 0.248 e. The number of nitrogens with two attached hydrogens (primary N) is 1. The number of nitrogens with zero attached hydrogens (tertiary/aromatic N) is 2. The fourth-order valence-electron chi connectivity index (χ4n) is 2.96. The van der Waals surface area contributed by atoms with E-state index in [4.69, 9.17) is 17.3 Å². The van der Waals surface area contributed by atoms with Gasteiger partial charge in [0, 0.05) is 43.3 Å². The van der Waals surface area contributed by atoms with Gasteiger partial charge in [0.25, 0.3) is 0 Å². The molecule has 6 nitrogen and oxygen atoms in total. The summed E-state index contributed by atoms with van der Waals surface area (Å²) in [6.45, 7) is 2.72. The number of carbonyl (C=O) groups is 1. The summed E-state index contributed by atoms with van der Waals surface area (Å²) in [6.07, 6.45) is 0. The van der Waals surface area contributed by atoms with E-state index in [9.17, 15) is 13.2 Å². The summed E-state index contributed by atoms with van der Waals surface area (Å²) in [6, 6.07) is 13.4. The van der Waals surface area contributed by atoms with Crippen molar-refractivity contribution in [2.45, 2.75) is 11.4 Å². The van der Waals surface area contributed by atoms with Crippen LogP contribution < -0.4 is 5.73 Å². The van der Waals surface area contributed by atoms with E-state index in [-0.39, 0.29) is 4.90 Å². The van der Waals surface area contributed by atoms with Gasteiger partial charge in [-0.2, -0.15) is 4.31 Å². The summed E-state index contributed by atoms with van der Waals surface area (Å²) >= 11 is 5.83. The Balaban J connectivity index is 1.63. The van der Waals surface area contributed by atoms with Gasteiger partial charge in [-0.15, -0.1) is 0 Å². The van der Waals surface area contributed by atoms with Gasteiger partial charge in [-0.25, -0.2) is 8.42 Å². The fraction of sp³-hybridized carbons (Fsp3) is 0.278. The van der Waals surface area contributed by atoms with Gasteiger partial charge in [-0.05, 0) is 42.0 Å². The van der Waals surface area contributed by atoms with Crippen LogP contribution >= 0.6 is 11.6 Å². The lowest BCUT2D eigenvalue weighted by Crippen LogP contribution is -2.48. The van der Waals surface area contributed by atoms with Gasteiger partial charge in [0.2, 0.25) is 15.9 Å². The molecule has 3 rings (SSSR count). The predicted octanol–water partition coefficient (Wildman–Crippen LogP) is 1.95. The summed E-state index contributed by atoms with van der Waals surface area (Å²) in [7, 11) is -3.51. The van der Waals surface area contributed by atoms with Crippen LogP contribution in [0, 0.1) is 0 Å². The first kappa shape index (κ1) is 18.8. The Bertz CT molecular complexity index is 892. The Labute approximate surface area is 158 Å². The highest BCUT2D eigenvalue weighted by Crippen LogP contribution is 2.20. The Hall–Kier alpha value is -1.93. The van der Waals surface area contributed by atoms with E-state index in [1.807, 2.05) is 6.07 Å².